The number of ether oxygens (including phenoxy) is 1. The average molecular weight is 307 g/mol. The Morgan fingerprint density at radius 1 is 1.00 bits per heavy atom. The Morgan fingerprint density at radius 3 is 2.50 bits per heavy atom. The van der Waals surface area contributed by atoms with Crippen LogP contribution in [0.5, 0.6) is 0 Å². The Bertz CT molecular complexity index is 418. The molecule has 5 nitrogen and oxygen atoms in total. The number of rotatable bonds is 3. The van der Waals surface area contributed by atoms with E-state index in [9.17, 15) is 4.79 Å². The number of amides is 1. The number of hydrogen-bond acceptors (Lipinski definition) is 4. The van der Waals surface area contributed by atoms with Gasteiger partial charge in [-0.3, -0.25) is 9.69 Å². The topological polar surface area (TPSA) is 36.0 Å². The number of carbonyl (C=O) groups is 1. The van der Waals surface area contributed by atoms with E-state index in [4.69, 9.17) is 4.74 Å². The Hall–Kier alpha value is -0.650. The summed E-state index contributed by atoms with van der Waals surface area (Å²) in [6.07, 6.45) is 6.12. The zero-order valence-electron chi connectivity index (χ0n) is 13.7. The third kappa shape index (κ3) is 3.03. The van der Waals surface area contributed by atoms with Gasteiger partial charge in [-0.05, 0) is 45.1 Å². The first-order chi connectivity index (χ1) is 10.7. The van der Waals surface area contributed by atoms with Crippen molar-refractivity contribution >= 4 is 5.91 Å². The predicted molar refractivity (Wildman–Crippen MR) is 84.7 cm³/mol. The summed E-state index contributed by atoms with van der Waals surface area (Å²) >= 11 is 0. The highest BCUT2D eigenvalue weighted by atomic mass is 16.5. The van der Waals surface area contributed by atoms with Gasteiger partial charge in [0.1, 0.15) is 6.10 Å². The van der Waals surface area contributed by atoms with Gasteiger partial charge in [-0.25, -0.2) is 0 Å². The van der Waals surface area contributed by atoms with Crippen LogP contribution in [0.2, 0.25) is 0 Å². The molecule has 0 bridgehead atoms. The molecule has 0 aromatic carbocycles. The molecule has 1 amide bonds. The molecule has 0 radical (unpaired) electrons. The normalized spacial score (nSPS) is 37.3. The molecule has 22 heavy (non-hydrogen) atoms. The molecule has 4 rings (SSSR count). The van der Waals surface area contributed by atoms with E-state index >= 15 is 0 Å². The zero-order chi connectivity index (χ0) is 15.1. The zero-order valence-corrected chi connectivity index (χ0v) is 13.7. The van der Waals surface area contributed by atoms with Gasteiger partial charge in [0.25, 0.3) is 5.91 Å². The number of carbonyl (C=O) groups excluding carboxylic acids is 1. The smallest absolute Gasteiger partial charge is 0.251 e. The molecule has 0 spiro atoms. The van der Waals surface area contributed by atoms with E-state index in [0.717, 1.165) is 51.4 Å². The highest BCUT2D eigenvalue weighted by molar-refractivity contribution is 5.81. The fourth-order valence-corrected chi connectivity index (χ4v) is 4.29. The summed E-state index contributed by atoms with van der Waals surface area (Å²) in [6, 6.07) is 0.581. The van der Waals surface area contributed by atoms with E-state index in [-0.39, 0.29) is 12.0 Å². The van der Waals surface area contributed by atoms with Crippen LogP contribution < -0.4 is 0 Å². The van der Waals surface area contributed by atoms with Gasteiger partial charge in [-0.2, -0.15) is 0 Å². The number of hydrogen-bond donors (Lipinski definition) is 0. The lowest BCUT2D eigenvalue weighted by Gasteiger charge is -2.39. The van der Waals surface area contributed by atoms with Gasteiger partial charge < -0.3 is 14.5 Å². The summed E-state index contributed by atoms with van der Waals surface area (Å²) in [4.78, 5) is 19.6. The maximum Gasteiger partial charge on any atom is 0.251 e. The molecule has 4 aliphatic rings. The summed E-state index contributed by atoms with van der Waals surface area (Å²) in [7, 11) is 2.12. The lowest BCUT2D eigenvalue weighted by Crippen LogP contribution is -2.53. The van der Waals surface area contributed by atoms with Crippen molar-refractivity contribution in [3.8, 4) is 0 Å². The highest BCUT2D eigenvalue weighted by Crippen LogP contribution is 2.36. The van der Waals surface area contributed by atoms with Crippen LogP contribution in [0.3, 0.4) is 0 Å². The van der Waals surface area contributed by atoms with Crippen LogP contribution in [0.1, 0.15) is 32.1 Å². The molecular weight excluding hydrogens is 278 g/mol. The van der Waals surface area contributed by atoms with Crippen molar-refractivity contribution in [2.24, 2.45) is 5.92 Å². The molecule has 4 fully saturated rings. The van der Waals surface area contributed by atoms with E-state index in [1.807, 2.05) is 4.90 Å². The van der Waals surface area contributed by atoms with Crippen LogP contribution in [0, 0.1) is 5.92 Å². The van der Waals surface area contributed by atoms with Gasteiger partial charge in [-0.1, -0.05) is 0 Å². The van der Waals surface area contributed by atoms with Crippen LogP contribution in [-0.4, -0.2) is 85.2 Å². The fraction of sp³-hybridized carbons (Fsp3) is 0.941. The van der Waals surface area contributed by atoms with E-state index in [1.165, 1.54) is 25.9 Å². The van der Waals surface area contributed by atoms with Crippen LogP contribution in [-0.2, 0) is 9.53 Å². The Morgan fingerprint density at radius 2 is 1.77 bits per heavy atom. The van der Waals surface area contributed by atoms with Gasteiger partial charge in [0.05, 0.1) is 6.10 Å². The van der Waals surface area contributed by atoms with Crippen molar-refractivity contribution in [2.75, 3.05) is 46.3 Å². The molecule has 0 aromatic rings. The molecule has 124 valence electrons. The van der Waals surface area contributed by atoms with Crippen LogP contribution in [0.15, 0.2) is 0 Å². The van der Waals surface area contributed by atoms with Crippen LogP contribution in [0.25, 0.3) is 0 Å². The molecule has 3 heterocycles. The number of fused-ring (bicyclic) bond motifs is 1. The first-order valence-corrected chi connectivity index (χ1v) is 9.07. The molecule has 1 aliphatic carbocycles. The number of likely N-dealkylation sites (N-methyl/N-ethyl adjacent to an activating group) is 1. The summed E-state index contributed by atoms with van der Waals surface area (Å²) in [6.45, 7) is 6.12. The minimum absolute atomic E-state index is 0.175. The lowest BCUT2D eigenvalue weighted by atomic mass is 9.98. The van der Waals surface area contributed by atoms with Gasteiger partial charge in [0, 0.05) is 45.3 Å². The van der Waals surface area contributed by atoms with Gasteiger partial charge >= 0.3 is 0 Å². The van der Waals surface area contributed by atoms with Crippen LogP contribution in [0.4, 0.5) is 0 Å². The number of nitrogens with zero attached hydrogens (tertiary/aromatic N) is 3. The van der Waals surface area contributed by atoms with Crippen molar-refractivity contribution in [1.29, 1.82) is 0 Å². The second-order valence-corrected chi connectivity index (χ2v) is 7.66. The van der Waals surface area contributed by atoms with E-state index in [1.54, 1.807) is 0 Å². The average Bonchev–Trinajstić information content (AvgIpc) is 3.27. The van der Waals surface area contributed by atoms with Crippen molar-refractivity contribution in [1.82, 2.24) is 14.7 Å². The summed E-state index contributed by atoms with van der Waals surface area (Å²) in [5, 5.41) is 0. The van der Waals surface area contributed by atoms with Crippen molar-refractivity contribution in [3.05, 3.63) is 0 Å². The van der Waals surface area contributed by atoms with Gasteiger partial charge in [0.15, 0.2) is 0 Å². The molecule has 0 unspecified atom stereocenters. The molecule has 0 aromatic heterocycles. The molecule has 3 atom stereocenters. The Kier molecular flexibility index (Phi) is 4.13. The van der Waals surface area contributed by atoms with Crippen LogP contribution >= 0.6 is 0 Å². The minimum Gasteiger partial charge on any atom is -0.363 e. The summed E-state index contributed by atoms with van der Waals surface area (Å²) < 4.78 is 6.24. The second kappa shape index (κ2) is 6.10. The van der Waals surface area contributed by atoms with E-state index in [0.29, 0.717) is 12.1 Å². The standard InChI is InChI=1S/C17H29N3O2/c1-18-8-10-19(11-9-18)17(21)16-5-4-14-15(22-16)6-7-20(14)12-13-2-3-13/h13-16H,2-12H2,1H3/t14-,15-,16+/m1/s1. The maximum atomic E-state index is 12.7. The molecule has 1 saturated carbocycles. The predicted octanol–water partition coefficient (Wildman–Crippen LogP) is 0.792. The van der Waals surface area contributed by atoms with Gasteiger partial charge in [-0.15, -0.1) is 0 Å². The second-order valence-electron chi connectivity index (χ2n) is 7.66. The maximum absolute atomic E-state index is 12.7. The molecular formula is C17H29N3O2. The summed E-state index contributed by atoms with van der Waals surface area (Å²) in [5.74, 6) is 1.19. The van der Waals surface area contributed by atoms with Crippen molar-refractivity contribution in [2.45, 2.75) is 50.4 Å². The Balaban J connectivity index is 1.31. The fourth-order valence-electron chi connectivity index (χ4n) is 4.29. The summed E-state index contributed by atoms with van der Waals surface area (Å²) in [5.41, 5.74) is 0. The molecule has 3 aliphatic heterocycles. The number of likely N-dealkylation sites (tertiary alicyclic amines) is 1. The van der Waals surface area contributed by atoms with Crippen molar-refractivity contribution in [3.63, 3.8) is 0 Å². The monoisotopic (exact) mass is 307 g/mol. The lowest BCUT2D eigenvalue weighted by molar-refractivity contribution is -0.156. The number of piperazine rings is 1. The molecule has 3 saturated heterocycles. The third-order valence-corrected chi connectivity index (χ3v) is 5.94. The largest absolute Gasteiger partial charge is 0.363 e. The quantitative estimate of drug-likeness (QED) is 0.772. The van der Waals surface area contributed by atoms with E-state index in [2.05, 4.69) is 16.8 Å². The first kappa shape index (κ1) is 14.9. The highest BCUT2D eigenvalue weighted by Gasteiger charge is 2.43. The first-order valence-electron chi connectivity index (χ1n) is 9.07. The molecule has 5 heteroatoms. The van der Waals surface area contributed by atoms with Gasteiger partial charge in [0.2, 0.25) is 0 Å². The molecule has 0 N–H and O–H groups in total. The SMILES string of the molecule is CN1CCN(C(=O)[C@@H]2CC[C@@H]3[C@@H](CCN3CC3CC3)O2)CC1. The third-order valence-electron chi connectivity index (χ3n) is 5.94. The van der Waals surface area contributed by atoms with E-state index < -0.39 is 0 Å². The van der Waals surface area contributed by atoms with Crippen molar-refractivity contribution < 1.29 is 9.53 Å². The Labute approximate surface area is 133 Å². The minimum atomic E-state index is -0.175.